The van der Waals surface area contributed by atoms with Crippen LogP contribution in [0.2, 0.25) is 0 Å². The lowest BCUT2D eigenvalue weighted by molar-refractivity contribution is -0.145. The third-order valence-corrected chi connectivity index (χ3v) is 1.27. The summed E-state index contributed by atoms with van der Waals surface area (Å²) in [6.07, 6.45) is 0.262. The van der Waals surface area contributed by atoms with E-state index in [1.807, 2.05) is 0 Å². The summed E-state index contributed by atoms with van der Waals surface area (Å²) in [5.41, 5.74) is 5.15. The summed E-state index contributed by atoms with van der Waals surface area (Å²) in [5.74, 6) is -0.280. The molecule has 78 valence electrons. The van der Waals surface area contributed by atoms with Crippen molar-refractivity contribution in [2.24, 2.45) is 5.73 Å². The molecule has 0 atom stereocenters. The van der Waals surface area contributed by atoms with Gasteiger partial charge < -0.3 is 19.9 Å². The molecule has 0 aliphatic carbocycles. The van der Waals surface area contributed by atoms with E-state index >= 15 is 0 Å². The van der Waals surface area contributed by atoms with Gasteiger partial charge in [-0.05, 0) is 0 Å². The maximum Gasteiger partial charge on any atom is 0.307 e. The Morgan fingerprint density at radius 1 is 1.23 bits per heavy atom. The average Bonchev–Trinajstić information content (AvgIpc) is 2.11. The molecular weight excluding hydrogens is 174 g/mol. The van der Waals surface area contributed by atoms with Gasteiger partial charge in [0.05, 0.1) is 26.2 Å². The van der Waals surface area contributed by atoms with Gasteiger partial charge in [-0.2, -0.15) is 0 Å². The van der Waals surface area contributed by atoms with Crippen LogP contribution in [0.15, 0.2) is 0 Å². The molecule has 0 heterocycles. The van der Waals surface area contributed by atoms with E-state index in [0.717, 1.165) is 0 Å². The Bertz CT molecular complexity index is 129. The van der Waals surface area contributed by atoms with E-state index in [1.165, 1.54) is 0 Å². The molecule has 13 heavy (non-hydrogen) atoms. The highest BCUT2D eigenvalue weighted by Gasteiger charge is 1.99. The SMILES string of the molecule is COCCOCCOC(=O)CCN. The summed E-state index contributed by atoms with van der Waals surface area (Å²) in [7, 11) is 1.60. The minimum atomic E-state index is -0.280. The molecular formula is C8H17NO4. The van der Waals surface area contributed by atoms with Crippen molar-refractivity contribution in [3.8, 4) is 0 Å². The molecule has 0 unspecified atom stereocenters. The van der Waals surface area contributed by atoms with Gasteiger partial charge in [-0.3, -0.25) is 4.79 Å². The molecule has 0 bridgehead atoms. The predicted octanol–water partition coefficient (Wildman–Crippen LogP) is -0.459. The second-order valence-electron chi connectivity index (χ2n) is 2.36. The highest BCUT2D eigenvalue weighted by molar-refractivity contribution is 5.69. The molecule has 0 aliphatic rings. The van der Waals surface area contributed by atoms with E-state index in [-0.39, 0.29) is 19.0 Å². The Balaban J connectivity index is 3.02. The molecule has 0 radical (unpaired) electrons. The third kappa shape index (κ3) is 9.26. The van der Waals surface area contributed by atoms with Gasteiger partial charge in [0, 0.05) is 13.7 Å². The largest absolute Gasteiger partial charge is 0.463 e. The topological polar surface area (TPSA) is 70.8 Å². The molecule has 0 aromatic rings. The molecule has 0 aliphatic heterocycles. The molecule has 0 saturated heterocycles. The number of hydrogen-bond donors (Lipinski definition) is 1. The number of carbonyl (C=O) groups excluding carboxylic acids is 1. The Labute approximate surface area is 78.1 Å². The first-order chi connectivity index (χ1) is 6.31. The minimum absolute atomic E-state index is 0.262. The second-order valence-corrected chi connectivity index (χ2v) is 2.36. The van der Waals surface area contributed by atoms with Crippen LogP contribution in [-0.4, -0.2) is 46.1 Å². The normalized spacial score (nSPS) is 10.0. The number of hydrogen-bond acceptors (Lipinski definition) is 5. The highest BCUT2D eigenvalue weighted by atomic mass is 16.6. The molecule has 0 fully saturated rings. The standard InChI is InChI=1S/C8H17NO4/c1-11-4-5-12-6-7-13-8(10)2-3-9/h2-7,9H2,1H3. The van der Waals surface area contributed by atoms with Gasteiger partial charge in [0.2, 0.25) is 0 Å². The summed E-state index contributed by atoms with van der Waals surface area (Å²) in [4.78, 5) is 10.7. The lowest BCUT2D eigenvalue weighted by atomic mass is 10.4. The Hall–Kier alpha value is -0.650. The number of carbonyl (C=O) groups is 1. The van der Waals surface area contributed by atoms with E-state index in [9.17, 15) is 4.79 Å². The number of ether oxygens (including phenoxy) is 3. The zero-order chi connectivity index (χ0) is 9.94. The number of rotatable bonds is 8. The molecule has 0 aromatic heterocycles. The van der Waals surface area contributed by atoms with Crippen LogP contribution in [0.5, 0.6) is 0 Å². The number of esters is 1. The maximum atomic E-state index is 10.7. The number of nitrogens with two attached hydrogens (primary N) is 1. The van der Waals surface area contributed by atoms with Crippen molar-refractivity contribution in [1.82, 2.24) is 0 Å². The van der Waals surface area contributed by atoms with Crippen LogP contribution in [0.4, 0.5) is 0 Å². The quantitative estimate of drug-likeness (QED) is 0.415. The Morgan fingerprint density at radius 3 is 2.54 bits per heavy atom. The van der Waals surface area contributed by atoms with Gasteiger partial charge in [0.25, 0.3) is 0 Å². The van der Waals surface area contributed by atoms with Crippen molar-refractivity contribution in [3.05, 3.63) is 0 Å². The lowest BCUT2D eigenvalue weighted by Gasteiger charge is -2.04. The van der Waals surface area contributed by atoms with Gasteiger partial charge in [0.1, 0.15) is 6.61 Å². The van der Waals surface area contributed by atoms with Gasteiger partial charge in [0.15, 0.2) is 0 Å². The molecule has 0 aromatic carbocycles. The summed E-state index contributed by atoms with van der Waals surface area (Å²) in [6.45, 7) is 2.08. The summed E-state index contributed by atoms with van der Waals surface area (Å²) in [5, 5.41) is 0. The van der Waals surface area contributed by atoms with E-state index in [0.29, 0.717) is 26.4 Å². The van der Waals surface area contributed by atoms with Crippen LogP contribution in [0.3, 0.4) is 0 Å². The van der Waals surface area contributed by atoms with Crippen molar-refractivity contribution >= 4 is 5.97 Å². The van der Waals surface area contributed by atoms with Crippen LogP contribution in [0, 0.1) is 0 Å². The molecule has 2 N–H and O–H groups in total. The van der Waals surface area contributed by atoms with Crippen LogP contribution in [-0.2, 0) is 19.0 Å². The van der Waals surface area contributed by atoms with Crippen molar-refractivity contribution in [2.75, 3.05) is 40.1 Å². The molecule has 0 spiro atoms. The zero-order valence-corrected chi connectivity index (χ0v) is 7.95. The van der Waals surface area contributed by atoms with Gasteiger partial charge >= 0.3 is 5.97 Å². The van der Waals surface area contributed by atoms with Crippen LogP contribution < -0.4 is 5.73 Å². The fraction of sp³-hybridized carbons (Fsp3) is 0.875. The van der Waals surface area contributed by atoms with Crippen molar-refractivity contribution in [1.29, 1.82) is 0 Å². The summed E-state index contributed by atoms with van der Waals surface area (Å²) < 4.78 is 14.6. The van der Waals surface area contributed by atoms with Crippen molar-refractivity contribution in [3.63, 3.8) is 0 Å². The first-order valence-electron chi connectivity index (χ1n) is 4.23. The fourth-order valence-electron chi connectivity index (χ4n) is 0.649. The summed E-state index contributed by atoms with van der Waals surface area (Å²) in [6, 6.07) is 0. The van der Waals surface area contributed by atoms with Crippen LogP contribution in [0.1, 0.15) is 6.42 Å². The zero-order valence-electron chi connectivity index (χ0n) is 7.95. The first kappa shape index (κ1) is 12.3. The van der Waals surface area contributed by atoms with Crippen LogP contribution >= 0.6 is 0 Å². The fourth-order valence-corrected chi connectivity index (χ4v) is 0.649. The lowest BCUT2D eigenvalue weighted by Crippen LogP contribution is -2.15. The van der Waals surface area contributed by atoms with E-state index in [1.54, 1.807) is 7.11 Å². The third-order valence-electron chi connectivity index (χ3n) is 1.27. The van der Waals surface area contributed by atoms with Gasteiger partial charge in [-0.25, -0.2) is 0 Å². The molecule has 0 rings (SSSR count). The number of methoxy groups -OCH3 is 1. The van der Waals surface area contributed by atoms with E-state index < -0.39 is 0 Å². The van der Waals surface area contributed by atoms with E-state index in [4.69, 9.17) is 19.9 Å². The minimum Gasteiger partial charge on any atom is -0.463 e. The summed E-state index contributed by atoms with van der Waals surface area (Å²) >= 11 is 0. The average molecular weight is 191 g/mol. The van der Waals surface area contributed by atoms with Gasteiger partial charge in [-0.1, -0.05) is 0 Å². The molecule has 5 heteroatoms. The highest BCUT2D eigenvalue weighted by Crippen LogP contribution is 1.84. The van der Waals surface area contributed by atoms with Crippen molar-refractivity contribution < 1.29 is 19.0 Å². The first-order valence-corrected chi connectivity index (χ1v) is 4.23. The molecule has 5 nitrogen and oxygen atoms in total. The monoisotopic (exact) mass is 191 g/mol. The molecule has 0 saturated carbocycles. The molecule has 0 amide bonds. The van der Waals surface area contributed by atoms with Crippen LogP contribution in [0.25, 0.3) is 0 Å². The second kappa shape index (κ2) is 9.44. The Kier molecular flexibility index (Phi) is 8.97. The van der Waals surface area contributed by atoms with Crippen molar-refractivity contribution in [2.45, 2.75) is 6.42 Å². The van der Waals surface area contributed by atoms with Gasteiger partial charge in [-0.15, -0.1) is 0 Å². The predicted molar refractivity (Wildman–Crippen MR) is 47.3 cm³/mol. The Morgan fingerprint density at radius 2 is 1.92 bits per heavy atom. The van der Waals surface area contributed by atoms with E-state index in [2.05, 4.69) is 0 Å². The maximum absolute atomic E-state index is 10.7. The smallest absolute Gasteiger partial charge is 0.307 e.